The number of fused-ring (bicyclic) bond motifs is 1. The lowest BCUT2D eigenvalue weighted by atomic mass is 10.2. The molecular weight excluding hydrogens is 364 g/mol. The van der Waals surface area contributed by atoms with E-state index in [1.54, 1.807) is 43.4 Å². The van der Waals surface area contributed by atoms with Gasteiger partial charge in [0.15, 0.2) is 0 Å². The lowest BCUT2D eigenvalue weighted by Crippen LogP contribution is -2.40. The molecule has 0 saturated carbocycles. The zero-order valence-corrected chi connectivity index (χ0v) is 14.9. The Hall–Kier alpha value is -2.38. The van der Waals surface area contributed by atoms with Crippen molar-refractivity contribution in [3.05, 3.63) is 64.7 Å². The average molecular weight is 379 g/mol. The quantitative estimate of drug-likeness (QED) is 0.817. The van der Waals surface area contributed by atoms with Gasteiger partial charge in [0.25, 0.3) is 15.9 Å². The predicted molar refractivity (Wildman–Crippen MR) is 92.6 cm³/mol. The van der Waals surface area contributed by atoms with Crippen molar-refractivity contribution >= 4 is 33.4 Å². The Kier molecular flexibility index (Phi) is 4.53. The first-order valence-corrected chi connectivity index (χ1v) is 9.27. The van der Waals surface area contributed by atoms with Crippen LogP contribution in [0.4, 0.5) is 0 Å². The van der Waals surface area contributed by atoms with Gasteiger partial charge < -0.3 is 4.90 Å². The standard InChI is InChI=1S/C17H15ClN2O4S/c1-19(10-12-6-8-13(18)9-7-12)16(21)11-20-17(22)14-4-2-3-5-15(14)25(20,23)24/h2-9H,10-11H2,1H3. The van der Waals surface area contributed by atoms with Gasteiger partial charge in [-0.3, -0.25) is 9.59 Å². The molecule has 0 aliphatic carbocycles. The number of carbonyl (C=O) groups is 2. The van der Waals surface area contributed by atoms with Gasteiger partial charge >= 0.3 is 0 Å². The molecule has 2 amide bonds. The molecule has 0 saturated heterocycles. The lowest BCUT2D eigenvalue weighted by Gasteiger charge is -2.21. The Morgan fingerprint density at radius 3 is 2.40 bits per heavy atom. The van der Waals surface area contributed by atoms with Gasteiger partial charge in [-0.15, -0.1) is 0 Å². The molecule has 2 aromatic rings. The van der Waals surface area contributed by atoms with E-state index in [0.29, 0.717) is 9.33 Å². The maximum absolute atomic E-state index is 12.5. The van der Waals surface area contributed by atoms with Gasteiger partial charge in [-0.2, -0.15) is 0 Å². The fourth-order valence-electron chi connectivity index (χ4n) is 2.58. The largest absolute Gasteiger partial charge is 0.340 e. The first-order valence-electron chi connectivity index (χ1n) is 7.45. The zero-order valence-electron chi connectivity index (χ0n) is 13.3. The summed E-state index contributed by atoms with van der Waals surface area (Å²) in [5, 5.41) is 0.587. The van der Waals surface area contributed by atoms with Gasteiger partial charge in [-0.1, -0.05) is 35.9 Å². The highest BCUT2D eigenvalue weighted by atomic mass is 35.5. The van der Waals surface area contributed by atoms with Crippen LogP contribution < -0.4 is 0 Å². The Balaban J connectivity index is 1.75. The third-order valence-electron chi connectivity index (χ3n) is 3.95. The molecule has 0 spiro atoms. The van der Waals surface area contributed by atoms with Gasteiger partial charge in [-0.05, 0) is 29.8 Å². The van der Waals surface area contributed by atoms with Crippen molar-refractivity contribution in [2.75, 3.05) is 13.6 Å². The molecule has 1 heterocycles. The van der Waals surface area contributed by atoms with Gasteiger partial charge in [0.05, 0.1) is 5.56 Å². The summed E-state index contributed by atoms with van der Waals surface area (Å²) in [5.74, 6) is -1.15. The van der Waals surface area contributed by atoms with Crippen LogP contribution in [0.15, 0.2) is 53.4 Å². The summed E-state index contributed by atoms with van der Waals surface area (Å²) in [6.07, 6.45) is 0. The van der Waals surface area contributed by atoms with Crippen LogP contribution >= 0.6 is 11.6 Å². The maximum Gasteiger partial charge on any atom is 0.269 e. The number of nitrogens with zero attached hydrogens (tertiary/aromatic N) is 2. The van der Waals surface area contributed by atoms with Crippen LogP contribution in [0.3, 0.4) is 0 Å². The van der Waals surface area contributed by atoms with Crippen LogP contribution in [-0.2, 0) is 21.4 Å². The molecule has 0 radical (unpaired) electrons. The second kappa shape index (κ2) is 6.50. The normalized spacial score (nSPS) is 15.1. The number of rotatable bonds is 4. The minimum Gasteiger partial charge on any atom is -0.340 e. The number of halogens is 1. The van der Waals surface area contributed by atoms with E-state index in [-0.39, 0.29) is 17.0 Å². The fourth-order valence-corrected chi connectivity index (χ4v) is 4.23. The minimum absolute atomic E-state index is 0.0619. The van der Waals surface area contributed by atoms with Gasteiger partial charge in [0.2, 0.25) is 5.91 Å². The van der Waals surface area contributed by atoms with Crippen molar-refractivity contribution in [2.45, 2.75) is 11.4 Å². The van der Waals surface area contributed by atoms with Crippen molar-refractivity contribution in [1.29, 1.82) is 0 Å². The zero-order chi connectivity index (χ0) is 18.2. The van der Waals surface area contributed by atoms with Crippen LogP contribution in [0.25, 0.3) is 0 Å². The topological polar surface area (TPSA) is 74.8 Å². The molecule has 8 heteroatoms. The molecule has 1 aliphatic rings. The number of amides is 2. The Labute approximate surface area is 150 Å². The molecule has 0 N–H and O–H groups in total. The average Bonchev–Trinajstić information content (AvgIpc) is 2.78. The Morgan fingerprint density at radius 1 is 1.12 bits per heavy atom. The lowest BCUT2D eigenvalue weighted by molar-refractivity contribution is -0.130. The highest BCUT2D eigenvalue weighted by Crippen LogP contribution is 2.29. The van der Waals surface area contributed by atoms with Crippen LogP contribution in [0.1, 0.15) is 15.9 Å². The van der Waals surface area contributed by atoms with E-state index in [4.69, 9.17) is 11.6 Å². The molecule has 0 aromatic heterocycles. The summed E-state index contributed by atoms with van der Waals surface area (Å²) >= 11 is 5.82. The molecule has 6 nitrogen and oxygen atoms in total. The highest BCUT2D eigenvalue weighted by Gasteiger charge is 2.42. The third kappa shape index (κ3) is 3.25. The van der Waals surface area contributed by atoms with Crippen LogP contribution in [0, 0.1) is 0 Å². The number of hydrogen-bond donors (Lipinski definition) is 0. The maximum atomic E-state index is 12.5. The van der Waals surface area contributed by atoms with E-state index in [9.17, 15) is 18.0 Å². The smallest absolute Gasteiger partial charge is 0.269 e. The third-order valence-corrected chi connectivity index (χ3v) is 5.99. The first-order chi connectivity index (χ1) is 11.8. The van der Waals surface area contributed by atoms with E-state index in [0.717, 1.165) is 5.56 Å². The number of hydrogen-bond acceptors (Lipinski definition) is 4. The number of likely N-dealkylation sites (N-methyl/N-ethyl adjacent to an activating group) is 1. The molecule has 2 aromatic carbocycles. The second-order valence-electron chi connectivity index (χ2n) is 5.69. The molecule has 3 rings (SSSR count). The molecule has 0 bridgehead atoms. The summed E-state index contributed by atoms with van der Waals surface area (Å²) in [7, 11) is -2.43. The molecule has 1 aliphatic heterocycles. The van der Waals surface area contributed by atoms with E-state index >= 15 is 0 Å². The molecule has 0 fully saturated rings. The van der Waals surface area contributed by atoms with Gasteiger partial charge in [-0.25, -0.2) is 12.7 Å². The summed E-state index contributed by atoms with van der Waals surface area (Å²) in [6.45, 7) is -0.245. The number of carbonyl (C=O) groups excluding carboxylic acids is 2. The van der Waals surface area contributed by atoms with Gasteiger partial charge in [0, 0.05) is 18.6 Å². The van der Waals surface area contributed by atoms with E-state index in [1.165, 1.54) is 17.0 Å². The molecule has 0 unspecified atom stereocenters. The second-order valence-corrected chi connectivity index (χ2v) is 7.96. The van der Waals surface area contributed by atoms with Crippen LogP contribution in [-0.4, -0.2) is 43.0 Å². The van der Waals surface area contributed by atoms with E-state index < -0.39 is 28.4 Å². The fraction of sp³-hybridized carbons (Fsp3) is 0.176. The van der Waals surface area contributed by atoms with E-state index in [1.807, 2.05) is 0 Å². The predicted octanol–water partition coefficient (Wildman–Crippen LogP) is 2.14. The number of sulfonamides is 1. The minimum atomic E-state index is -3.98. The SMILES string of the molecule is CN(Cc1ccc(Cl)cc1)C(=O)CN1C(=O)c2ccccc2S1(=O)=O. The molecular formula is C17H15ClN2O4S. The number of benzene rings is 2. The van der Waals surface area contributed by atoms with Crippen molar-refractivity contribution in [2.24, 2.45) is 0 Å². The summed E-state index contributed by atoms with van der Waals surface area (Å²) in [6, 6.07) is 12.9. The Morgan fingerprint density at radius 2 is 1.76 bits per heavy atom. The van der Waals surface area contributed by atoms with Crippen molar-refractivity contribution in [3.8, 4) is 0 Å². The van der Waals surface area contributed by atoms with Crippen molar-refractivity contribution in [3.63, 3.8) is 0 Å². The molecule has 130 valence electrons. The van der Waals surface area contributed by atoms with E-state index in [2.05, 4.69) is 0 Å². The summed E-state index contributed by atoms with van der Waals surface area (Å²) in [4.78, 5) is 26.0. The van der Waals surface area contributed by atoms with Crippen LogP contribution in [0.2, 0.25) is 5.02 Å². The van der Waals surface area contributed by atoms with Crippen molar-refractivity contribution in [1.82, 2.24) is 9.21 Å². The molecule has 0 atom stereocenters. The highest BCUT2D eigenvalue weighted by molar-refractivity contribution is 7.90. The first kappa shape index (κ1) is 17.4. The summed E-state index contributed by atoms with van der Waals surface area (Å²) in [5.41, 5.74) is 0.940. The Bertz CT molecular complexity index is 941. The van der Waals surface area contributed by atoms with Crippen molar-refractivity contribution < 1.29 is 18.0 Å². The molecule has 25 heavy (non-hydrogen) atoms. The van der Waals surface area contributed by atoms with Crippen LogP contribution in [0.5, 0.6) is 0 Å². The summed E-state index contributed by atoms with van der Waals surface area (Å²) < 4.78 is 25.6. The monoisotopic (exact) mass is 378 g/mol. The van der Waals surface area contributed by atoms with Gasteiger partial charge in [0.1, 0.15) is 11.4 Å².